The number of carbonyl (C=O) groups is 1. The van der Waals surface area contributed by atoms with Gasteiger partial charge in [-0.1, -0.05) is 12.5 Å². The largest absolute Gasteiger partial charge is 0.377 e. The summed E-state index contributed by atoms with van der Waals surface area (Å²) in [4.78, 5) is 21.8. The Morgan fingerprint density at radius 2 is 1.94 bits per heavy atom. The van der Waals surface area contributed by atoms with Crippen LogP contribution in [0.1, 0.15) is 55.3 Å². The van der Waals surface area contributed by atoms with Gasteiger partial charge in [0.05, 0.1) is 11.7 Å². The van der Waals surface area contributed by atoms with Crippen molar-refractivity contribution < 1.29 is 9.53 Å². The molecule has 1 saturated carbocycles. The van der Waals surface area contributed by atoms with Crippen LogP contribution in [0.3, 0.4) is 0 Å². The fourth-order valence-corrected chi connectivity index (χ4v) is 5.40. The number of piperidine rings is 1. The van der Waals surface area contributed by atoms with Crippen molar-refractivity contribution in [2.75, 3.05) is 43.0 Å². The molecule has 1 aliphatic carbocycles. The zero-order valence-corrected chi connectivity index (χ0v) is 19.5. The molecule has 2 saturated heterocycles. The fraction of sp³-hybridized carbons (Fsp3) is 0.556. The van der Waals surface area contributed by atoms with Crippen molar-refractivity contribution >= 4 is 17.3 Å². The van der Waals surface area contributed by atoms with Crippen LogP contribution >= 0.6 is 0 Å². The number of pyridine rings is 1. The summed E-state index contributed by atoms with van der Waals surface area (Å²) in [5, 5.41) is 3.01. The Morgan fingerprint density at radius 1 is 1.06 bits per heavy atom. The van der Waals surface area contributed by atoms with Gasteiger partial charge in [-0.15, -0.1) is 0 Å². The van der Waals surface area contributed by atoms with E-state index in [9.17, 15) is 4.79 Å². The minimum Gasteiger partial charge on any atom is -0.377 e. The number of nitrogens with one attached hydrogen (secondary N) is 1. The molecule has 3 heterocycles. The first-order chi connectivity index (χ1) is 16.2. The number of benzene rings is 1. The van der Waals surface area contributed by atoms with Gasteiger partial charge >= 0.3 is 0 Å². The molecule has 0 spiro atoms. The van der Waals surface area contributed by atoms with E-state index in [1.165, 1.54) is 57.2 Å². The first-order valence-corrected chi connectivity index (χ1v) is 12.7. The molecule has 3 aliphatic rings. The summed E-state index contributed by atoms with van der Waals surface area (Å²) in [5.41, 5.74) is 2.58. The van der Waals surface area contributed by atoms with Crippen molar-refractivity contribution in [3.05, 3.63) is 54.4 Å². The quantitative estimate of drug-likeness (QED) is 0.640. The number of hydrogen-bond acceptors (Lipinski definition) is 5. The van der Waals surface area contributed by atoms with Crippen LogP contribution in [0.5, 0.6) is 0 Å². The summed E-state index contributed by atoms with van der Waals surface area (Å²) >= 11 is 0. The van der Waals surface area contributed by atoms with Gasteiger partial charge in [0.15, 0.2) is 0 Å². The molecule has 1 aromatic carbocycles. The van der Waals surface area contributed by atoms with Gasteiger partial charge in [-0.05, 0) is 74.8 Å². The zero-order chi connectivity index (χ0) is 22.5. The Kier molecular flexibility index (Phi) is 7.22. The molecule has 6 heteroatoms. The molecule has 1 unspecified atom stereocenters. The maximum absolute atomic E-state index is 12.5. The highest BCUT2D eigenvalue weighted by Crippen LogP contribution is 2.31. The van der Waals surface area contributed by atoms with Gasteiger partial charge in [0, 0.05) is 62.6 Å². The Labute approximate surface area is 197 Å². The van der Waals surface area contributed by atoms with Crippen molar-refractivity contribution in [1.29, 1.82) is 0 Å². The second-order valence-electron chi connectivity index (χ2n) is 9.85. The maximum Gasteiger partial charge on any atom is 0.257 e. The van der Waals surface area contributed by atoms with E-state index < -0.39 is 0 Å². The highest BCUT2D eigenvalue weighted by Gasteiger charge is 2.31. The number of aromatic nitrogens is 1. The fourth-order valence-electron chi connectivity index (χ4n) is 5.40. The lowest BCUT2D eigenvalue weighted by Gasteiger charge is -2.43. The second-order valence-corrected chi connectivity index (χ2v) is 9.85. The second kappa shape index (κ2) is 10.7. The van der Waals surface area contributed by atoms with Crippen LogP contribution in [0.25, 0.3) is 0 Å². The van der Waals surface area contributed by atoms with E-state index >= 15 is 0 Å². The third kappa shape index (κ3) is 5.74. The first-order valence-electron chi connectivity index (χ1n) is 12.7. The molecular weight excluding hydrogens is 412 g/mol. The van der Waals surface area contributed by atoms with Gasteiger partial charge in [0.25, 0.3) is 5.91 Å². The summed E-state index contributed by atoms with van der Waals surface area (Å²) in [6.45, 7) is 5.40. The number of nitrogens with zero attached hydrogens (tertiary/aromatic N) is 3. The van der Waals surface area contributed by atoms with Crippen LogP contribution in [0.4, 0.5) is 11.4 Å². The van der Waals surface area contributed by atoms with Crippen molar-refractivity contribution in [3.63, 3.8) is 0 Å². The van der Waals surface area contributed by atoms with Crippen LogP contribution < -0.4 is 10.2 Å². The number of ether oxygens (including phenoxy) is 1. The predicted molar refractivity (Wildman–Crippen MR) is 132 cm³/mol. The molecule has 5 rings (SSSR count). The molecule has 1 atom stereocenters. The van der Waals surface area contributed by atoms with Crippen molar-refractivity contribution in [3.8, 4) is 0 Å². The molecule has 176 valence electrons. The number of carbonyl (C=O) groups excluding carboxylic acids is 1. The van der Waals surface area contributed by atoms with Gasteiger partial charge < -0.3 is 15.0 Å². The molecule has 0 radical (unpaired) electrons. The van der Waals surface area contributed by atoms with E-state index in [0.29, 0.717) is 17.7 Å². The predicted octanol–water partition coefficient (Wildman–Crippen LogP) is 4.58. The molecule has 2 aromatic rings. The van der Waals surface area contributed by atoms with Crippen LogP contribution in [0.15, 0.2) is 48.8 Å². The number of amides is 1. The Bertz CT molecular complexity index is 903. The van der Waals surface area contributed by atoms with Crippen molar-refractivity contribution in [1.82, 2.24) is 9.88 Å². The van der Waals surface area contributed by atoms with Crippen LogP contribution in [-0.2, 0) is 4.74 Å². The normalized spacial score (nSPS) is 21.8. The van der Waals surface area contributed by atoms with E-state index in [4.69, 9.17) is 4.74 Å². The number of hydrogen-bond donors (Lipinski definition) is 1. The van der Waals surface area contributed by atoms with Crippen LogP contribution in [-0.4, -0.2) is 60.7 Å². The minimum atomic E-state index is -0.125. The van der Waals surface area contributed by atoms with Crippen LogP contribution in [0, 0.1) is 5.92 Å². The third-order valence-corrected chi connectivity index (χ3v) is 7.55. The Balaban J connectivity index is 1.18. The molecule has 33 heavy (non-hydrogen) atoms. The van der Waals surface area contributed by atoms with E-state index in [-0.39, 0.29) is 5.91 Å². The van der Waals surface area contributed by atoms with Gasteiger partial charge in [-0.3, -0.25) is 14.7 Å². The number of anilines is 2. The summed E-state index contributed by atoms with van der Waals surface area (Å²) < 4.78 is 5.98. The summed E-state index contributed by atoms with van der Waals surface area (Å²) in [7, 11) is 0. The van der Waals surface area contributed by atoms with Gasteiger partial charge in [0.1, 0.15) is 0 Å². The monoisotopic (exact) mass is 448 g/mol. The summed E-state index contributed by atoms with van der Waals surface area (Å²) in [6, 6.07) is 12.4. The molecule has 1 aromatic heterocycles. The molecule has 1 N–H and O–H groups in total. The lowest BCUT2D eigenvalue weighted by atomic mass is 9.84. The molecular formula is C27H36N4O2. The lowest BCUT2D eigenvalue weighted by molar-refractivity contribution is 0.0361. The van der Waals surface area contributed by atoms with E-state index in [1.807, 2.05) is 12.1 Å². The zero-order valence-electron chi connectivity index (χ0n) is 19.5. The Hall–Kier alpha value is -2.44. The molecule has 0 bridgehead atoms. The molecule has 3 fully saturated rings. The smallest absolute Gasteiger partial charge is 0.257 e. The first kappa shape index (κ1) is 22.4. The van der Waals surface area contributed by atoms with Crippen molar-refractivity contribution in [2.45, 2.75) is 57.1 Å². The minimum absolute atomic E-state index is 0.125. The van der Waals surface area contributed by atoms with E-state index in [0.717, 1.165) is 37.8 Å². The highest BCUT2D eigenvalue weighted by molar-refractivity contribution is 6.04. The SMILES string of the molecule is O=C(Nc1cccc(N2CCC(N(CC3CCC3)CC3CCCO3)CC2)c1)c1cccnc1. The third-order valence-electron chi connectivity index (χ3n) is 7.55. The van der Waals surface area contributed by atoms with Crippen LogP contribution in [0.2, 0.25) is 0 Å². The molecule has 1 amide bonds. The molecule has 6 nitrogen and oxygen atoms in total. The Morgan fingerprint density at radius 3 is 2.64 bits per heavy atom. The average molecular weight is 449 g/mol. The van der Waals surface area contributed by atoms with E-state index in [1.54, 1.807) is 24.5 Å². The maximum atomic E-state index is 12.5. The average Bonchev–Trinajstić information content (AvgIpc) is 3.35. The lowest BCUT2D eigenvalue weighted by Crippen LogP contribution is -2.49. The topological polar surface area (TPSA) is 57.7 Å². The summed E-state index contributed by atoms with van der Waals surface area (Å²) in [6.07, 6.45) is 12.7. The summed E-state index contributed by atoms with van der Waals surface area (Å²) in [5.74, 6) is 0.768. The van der Waals surface area contributed by atoms with Gasteiger partial charge in [-0.25, -0.2) is 0 Å². The number of rotatable bonds is 8. The van der Waals surface area contributed by atoms with E-state index in [2.05, 4.69) is 32.2 Å². The van der Waals surface area contributed by atoms with Gasteiger partial charge in [0.2, 0.25) is 0 Å². The van der Waals surface area contributed by atoms with Gasteiger partial charge in [-0.2, -0.15) is 0 Å². The van der Waals surface area contributed by atoms with Crippen molar-refractivity contribution in [2.24, 2.45) is 5.92 Å². The highest BCUT2D eigenvalue weighted by atomic mass is 16.5. The standard InChI is InChI=1S/C27H36N4O2/c32-27(22-7-3-13-28-18-22)29-23-8-2-9-25(17-23)30-14-11-24(12-15-30)31(19-21-5-1-6-21)20-26-10-4-16-33-26/h2-3,7-9,13,17-18,21,24,26H,1,4-6,10-12,14-16,19-20H2,(H,29,32). The molecule has 2 aliphatic heterocycles.